The van der Waals surface area contributed by atoms with E-state index in [1.807, 2.05) is 24.3 Å². The Morgan fingerprint density at radius 2 is 2.00 bits per heavy atom. The van der Waals surface area contributed by atoms with Gasteiger partial charge in [0.1, 0.15) is 0 Å². The van der Waals surface area contributed by atoms with Crippen LogP contribution in [0.25, 0.3) is 11.0 Å². The molecule has 0 fully saturated rings. The smallest absolute Gasteiger partial charge is 0.234 e. The van der Waals surface area contributed by atoms with E-state index in [9.17, 15) is 4.79 Å². The topological polar surface area (TPSA) is 70.7 Å². The number of benzene rings is 2. The molecule has 24 heavy (non-hydrogen) atoms. The SMILES string of the molecule is CCn1c(SCC(=O)Nc2ccc(C#N)cc2)nc2ccccc21. The Morgan fingerprint density at radius 1 is 1.25 bits per heavy atom. The van der Waals surface area contributed by atoms with Crippen LogP contribution in [0.4, 0.5) is 5.69 Å². The predicted octanol–water partition coefficient (Wildman–Crippen LogP) is 3.66. The van der Waals surface area contributed by atoms with Gasteiger partial charge in [0.05, 0.1) is 28.4 Å². The van der Waals surface area contributed by atoms with Gasteiger partial charge in [-0.3, -0.25) is 4.79 Å². The van der Waals surface area contributed by atoms with E-state index in [1.165, 1.54) is 11.8 Å². The second-order valence-electron chi connectivity index (χ2n) is 5.15. The van der Waals surface area contributed by atoms with Crippen LogP contribution in [-0.4, -0.2) is 21.2 Å². The quantitative estimate of drug-likeness (QED) is 0.722. The number of para-hydroxylation sites is 2. The van der Waals surface area contributed by atoms with Crippen molar-refractivity contribution in [3.05, 3.63) is 54.1 Å². The fourth-order valence-electron chi connectivity index (χ4n) is 2.42. The molecule has 1 N–H and O–H groups in total. The molecule has 3 rings (SSSR count). The highest BCUT2D eigenvalue weighted by molar-refractivity contribution is 7.99. The zero-order valence-corrected chi connectivity index (χ0v) is 14.0. The Labute approximate surface area is 144 Å². The molecule has 0 spiro atoms. The number of thioether (sulfide) groups is 1. The molecule has 1 aromatic heterocycles. The molecule has 3 aromatic rings. The van der Waals surface area contributed by atoms with Crippen molar-refractivity contribution in [2.45, 2.75) is 18.6 Å². The van der Waals surface area contributed by atoms with E-state index in [4.69, 9.17) is 5.26 Å². The molecule has 5 nitrogen and oxygen atoms in total. The Kier molecular flexibility index (Phi) is 4.82. The summed E-state index contributed by atoms with van der Waals surface area (Å²) in [4.78, 5) is 16.7. The van der Waals surface area contributed by atoms with Crippen molar-refractivity contribution in [2.75, 3.05) is 11.1 Å². The Bertz CT molecular complexity index is 909. The van der Waals surface area contributed by atoms with Gasteiger partial charge >= 0.3 is 0 Å². The summed E-state index contributed by atoms with van der Waals surface area (Å²) >= 11 is 1.42. The van der Waals surface area contributed by atoms with E-state index in [-0.39, 0.29) is 11.7 Å². The number of hydrogen-bond acceptors (Lipinski definition) is 4. The van der Waals surface area contributed by atoms with Crippen LogP contribution in [0.3, 0.4) is 0 Å². The van der Waals surface area contributed by atoms with Gasteiger partial charge in [0.25, 0.3) is 0 Å². The molecule has 0 bridgehead atoms. The number of nitrogens with zero attached hydrogens (tertiary/aromatic N) is 3. The molecule has 120 valence electrons. The lowest BCUT2D eigenvalue weighted by molar-refractivity contribution is -0.113. The number of amides is 1. The highest BCUT2D eigenvalue weighted by atomic mass is 32.2. The van der Waals surface area contributed by atoms with Crippen molar-refractivity contribution >= 4 is 34.4 Å². The number of aromatic nitrogens is 2. The second kappa shape index (κ2) is 7.20. The lowest BCUT2D eigenvalue weighted by Crippen LogP contribution is -2.14. The molecule has 6 heteroatoms. The molecule has 0 saturated carbocycles. The minimum Gasteiger partial charge on any atom is -0.325 e. The highest BCUT2D eigenvalue weighted by Gasteiger charge is 2.11. The maximum absolute atomic E-state index is 12.1. The molecule has 0 radical (unpaired) electrons. The number of fused-ring (bicyclic) bond motifs is 1. The third-order valence-electron chi connectivity index (χ3n) is 3.57. The first kappa shape index (κ1) is 16.1. The second-order valence-corrected chi connectivity index (χ2v) is 6.10. The first-order valence-electron chi connectivity index (χ1n) is 7.59. The number of imidazole rings is 1. The molecule has 0 aliphatic rings. The van der Waals surface area contributed by atoms with E-state index < -0.39 is 0 Å². The largest absolute Gasteiger partial charge is 0.325 e. The van der Waals surface area contributed by atoms with Crippen LogP contribution in [0.2, 0.25) is 0 Å². The lowest BCUT2D eigenvalue weighted by Gasteiger charge is -2.07. The fraction of sp³-hybridized carbons (Fsp3) is 0.167. The van der Waals surface area contributed by atoms with Crippen molar-refractivity contribution < 1.29 is 4.79 Å². The monoisotopic (exact) mass is 336 g/mol. The average molecular weight is 336 g/mol. The molecular formula is C18H16N4OS. The number of rotatable bonds is 5. The summed E-state index contributed by atoms with van der Waals surface area (Å²) in [5.74, 6) is 0.183. The summed E-state index contributed by atoms with van der Waals surface area (Å²) in [5, 5.41) is 12.4. The third-order valence-corrected chi connectivity index (χ3v) is 4.54. The van der Waals surface area contributed by atoms with Gasteiger partial charge < -0.3 is 9.88 Å². The first-order chi connectivity index (χ1) is 11.7. The Balaban J connectivity index is 1.66. The average Bonchev–Trinajstić information content (AvgIpc) is 2.98. The number of aryl methyl sites for hydroxylation is 1. The molecule has 1 amide bonds. The normalized spacial score (nSPS) is 10.5. The van der Waals surface area contributed by atoms with E-state index in [0.717, 1.165) is 22.7 Å². The number of nitrogens with one attached hydrogen (secondary N) is 1. The third kappa shape index (κ3) is 3.42. The van der Waals surface area contributed by atoms with Crippen molar-refractivity contribution in [2.24, 2.45) is 0 Å². The summed E-state index contributed by atoms with van der Waals surface area (Å²) in [5.41, 5.74) is 3.27. The van der Waals surface area contributed by atoms with Gasteiger partial charge in [-0.15, -0.1) is 0 Å². The van der Waals surface area contributed by atoms with Gasteiger partial charge in [-0.2, -0.15) is 5.26 Å². The summed E-state index contributed by atoms with van der Waals surface area (Å²) in [6, 6.07) is 16.8. The minimum atomic E-state index is -0.0978. The van der Waals surface area contributed by atoms with Crippen molar-refractivity contribution in [3.8, 4) is 6.07 Å². The van der Waals surface area contributed by atoms with E-state index >= 15 is 0 Å². The van der Waals surface area contributed by atoms with Crippen LogP contribution < -0.4 is 5.32 Å². The molecular weight excluding hydrogens is 320 g/mol. The molecule has 2 aromatic carbocycles. The van der Waals surface area contributed by atoms with Crippen molar-refractivity contribution in [3.63, 3.8) is 0 Å². The van der Waals surface area contributed by atoms with Gasteiger partial charge in [-0.25, -0.2) is 4.98 Å². The number of carbonyl (C=O) groups excluding carboxylic acids is 1. The van der Waals surface area contributed by atoms with Crippen LogP contribution in [0.5, 0.6) is 0 Å². The maximum Gasteiger partial charge on any atom is 0.234 e. The van der Waals surface area contributed by atoms with Crippen LogP contribution in [0, 0.1) is 11.3 Å². The zero-order valence-electron chi connectivity index (χ0n) is 13.2. The summed E-state index contributed by atoms with van der Waals surface area (Å²) in [6.45, 7) is 2.87. The van der Waals surface area contributed by atoms with Gasteiger partial charge in [-0.05, 0) is 43.3 Å². The molecule has 0 unspecified atom stereocenters. The van der Waals surface area contributed by atoms with Crippen LogP contribution in [0.1, 0.15) is 12.5 Å². The zero-order chi connectivity index (χ0) is 16.9. The maximum atomic E-state index is 12.1. The summed E-state index contributed by atoms with van der Waals surface area (Å²) in [6.07, 6.45) is 0. The van der Waals surface area contributed by atoms with E-state index in [2.05, 4.69) is 27.9 Å². The van der Waals surface area contributed by atoms with Gasteiger partial charge in [-0.1, -0.05) is 23.9 Å². The molecule has 0 saturated heterocycles. The predicted molar refractivity (Wildman–Crippen MR) is 95.9 cm³/mol. The first-order valence-corrected chi connectivity index (χ1v) is 8.58. The Morgan fingerprint density at radius 3 is 2.71 bits per heavy atom. The van der Waals surface area contributed by atoms with E-state index in [0.29, 0.717) is 11.3 Å². The van der Waals surface area contributed by atoms with Crippen LogP contribution in [0.15, 0.2) is 53.7 Å². The molecule has 0 aliphatic carbocycles. The van der Waals surface area contributed by atoms with Crippen LogP contribution >= 0.6 is 11.8 Å². The summed E-state index contributed by atoms with van der Waals surface area (Å²) < 4.78 is 2.11. The standard InChI is InChI=1S/C18H16N4OS/c1-2-22-16-6-4-3-5-15(16)21-18(22)24-12-17(23)20-14-9-7-13(11-19)8-10-14/h3-10H,2,12H2,1H3,(H,20,23). The van der Waals surface area contributed by atoms with Gasteiger partial charge in [0, 0.05) is 12.2 Å². The van der Waals surface area contributed by atoms with Crippen molar-refractivity contribution in [1.29, 1.82) is 5.26 Å². The van der Waals surface area contributed by atoms with Gasteiger partial charge in [0.15, 0.2) is 5.16 Å². The van der Waals surface area contributed by atoms with E-state index in [1.54, 1.807) is 24.3 Å². The van der Waals surface area contributed by atoms with Gasteiger partial charge in [0.2, 0.25) is 5.91 Å². The number of anilines is 1. The highest BCUT2D eigenvalue weighted by Crippen LogP contribution is 2.24. The Hall–Kier alpha value is -2.78. The van der Waals surface area contributed by atoms with Crippen LogP contribution in [-0.2, 0) is 11.3 Å². The lowest BCUT2D eigenvalue weighted by atomic mass is 10.2. The summed E-state index contributed by atoms with van der Waals surface area (Å²) in [7, 11) is 0. The molecule has 1 heterocycles. The van der Waals surface area contributed by atoms with Crippen molar-refractivity contribution in [1.82, 2.24) is 9.55 Å². The fourth-order valence-corrected chi connectivity index (χ4v) is 3.30. The minimum absolute atomic E-state index is 0.0978. The molecule has 0 aliphatic heterocycles. The number of hydrogen-bond donors (Lipinski definition) is 1. The number of carbonyl (C=O) groups is 1. The molecule has 0 atom stereocenters. The number of nitriles is 1.